The van der Waals surface area contributed by atoms with Crippen molar-refractivity contribution >= 4 is 28.3 Å². The number of furan rings is 1. The van der Waals surface area contributed by atoms with Crippen molar-refractivity contribution < 1.29 is 14.1 Å². The predicted octanol–water partition coefficient (Wildman–Crippen LogP) is 3.83. The molecule has 0 unspecified atom stereocenters. The van der Waals surface area contributed by atoms with Gasteiger partial charge in [-0.3, -0.25) is 14.9 Å². The molecule has 0 aliphatic carbocycles. The normalized spacial score (nSPS) is 10.7. The molecular formula is C17H14N2O4. The molecule has 0 atom stereocenters. The van der Waals surface area contributed by atoms with Gasteiger partial charge < -0.3 is 9.73 Å². The van der Waals surface area contributed by atoms with Crippen molar-refractivity contribution in [3.63, 3.8) is 0 Å². The summed E-state index contributed by atoms with van der Waals surface area (Å²) in [5, 5.41) is 14.2. The van der Waals surface area contributed by atoms with Crippen LogP contribution in [-0.4, -0.2) is 10.8 Å². The fraction of sp³-hybridized carbons (Fsp3) is 0.118. The van der Waals surface area contributed by atoms with Crippen molar-refractivity contribution in [2.45, 2.75) is 13.3 Å². The van der Waals surface area contributed by atoms with Gasteiger partial charge in [0.1, 0.15) is 5.58 Å². The maximum atomic E-state index is 12.1. The zero-order valence-electron chi connectivity index (χ0n) is 12.4. The van der Waals surface area contributed by atoms with Gasteiger partial charge >= 0.3 is 0 Å². The topological polar surface area (TPSA) is 85.4 Å². The Morgan fingerprint density at radius 1 is 1.22 bits per heavy atom. The third-order valence-corrected chi connectivity index (χ3v) is 3.52. The molecule has 0 fully saturated rings. The molecule has 2 aromatic carbocycles. The molecule has 0 radical (unpaired) electrons. The number of carbonyl (C=O) groups is 1. The molecule has 0 aliphatic heterocycles. The van der Waals surface area contributed by atoms with Crippen molar-refractivity contribution in [1.29, 1.82) is 0 Å². The average molecular weight is 310 g/mol. The van der Waals surface area contributed by atoms with E-state index in [0.717, 1.165) is 22.1 Å². The van der Waals surface area contributed by atoms with Crippen molar-refractivity contribution in [3.05, 3.63) is 70.0 Å². The van der Waals surface area contributed by atoms with Gasteiger partial charge in [0.25, 0.3) is 5.69 Å². The number of hydrogen-bond acceptors (Lipinski definition) is 4. The first-order chi connectivity index (χ1) is 11.0. The van der Waals surface area contributed by atoms with Crippen molar-refractivity contribution in [3.8, 4) is 0 Å². The standard InChI is InChI=1S/C17H14N2O4/c1-11-2-7-15-12(10-23-16(15)8-11)9-17(20)18-13-3-5-14(6-4-13)19(21)22/h2-8,10H,9H2,1H3,(H,18,20). The van der Waals surface area contributed by atoms with Crippen LogP contribution in [0.5, 0.6) is 0 Å². The third kappa shape index (κ3) is 3.21. The summed E-state index contributed by atoms with van der Waals surface area (Å²) in [6.07, 6.45) is 1.76. The van der Waals surface area contributed by atoms with E-state index in [1.807, 2.05) is 25.1 Å². The van der Waals surface area contributed by atoms with E-state index in [0.29, 0.717) is 5.69 Å². The van der Waals surface area contributed by atoms with E-state index < -0.39 is 4.92 Å². The van der Waals surface area contributed by atoms with Crippen LogP contribution in [0.4, 0.5) is 11.4 Å². The lowest BCUT2D eigenvalue weighted by molar-refractivity contribution is -0.384. The minimum absolute atomic E-state index is 0.0146. The lowest BCUT2D eigenvalue weighted by atomic mass is 10.1. The van der Waals surface area contributed by atoms with E-state index in [1.165, 1.54) is 24.3 Å². The Kier molecular flexibility index (Phi) is 3.80. The van der Waals surface area contributed by atoms with Crippen LogP contribution in [0.25, 0.3) is 11.0 Å². The van der Waals surface area contributed by atoms with E-state index >= 15 is 0 Å². The molecule has 0 saturated heterocycles. The molecule has 0 aliphatic rings. The summed E-state index contributed by atoms with van der Waals surface area (Å²) in [6.45, 7) is 1.98. The molecule has 0 bridgehead atoms. The summed E-state index contributed by atoms with van der Waals surface area (Å²) >= 11 is 0. The number of aryl methyl sites for hydroxylation is 1. The Morgan fingerprint density at radius 2 is 1.96 bits per heavy atom. The monoisotopic (exact) mass is 310 g/mol. The van der Waals surface area contributed by atoms with Crippen LogP contribution in [0.3, 0.4) is 0 Å². The fourth-order valence-electron chi connectivity index (χ4n) is 2.37. The summed E-state index contributed by atoms with van der Waals surface area (Å²) in [5.41, 5.74) is 3.15. The van der Waals surface area contributed by atoms with Crippen LogP contribution >= 0.6 is 0 Å². The first kappa shape index (κ1) is 14.8. The smallest absolute Gasteiger partial charge is 0.269 e. The number of amides is 1. The number of nitrogens with one attached hydrogen (secondary N) is 1. The summed E-state index contributed by atoms with van der Waals surface area (Å²) in [5.74, 6) is -0.206. The van der Waals surface area contributed by atoms with Gasteiger partial charge in [-0.25, -0.2) is 0 Å². The fourth-order valence-corrected chi connectivity index (χ4v) is 2.37. The quantitative estimate of drug-likeness (QED) is 0.586. The number of nitro groups is 1. The molecule has 6 nitrogen and oxygen atoms in total. The summed E-state index contributed by atoms with van der Waals surface area (Å²) in [6, 6.07) is 11.5. The third-order valence-electron chi connectivity index (χ3n) is 3.52. The van der Waals surface area contributed by atoms with Gasteiger partial charge in [0.15, 0.2) is 0 Å². The molecule has 116 valence electrons. The summed E-state index contributed by atoms with van der Waals surface area (Å²) in [4.78, 5) is 22.2. The summed E-state index contributed by atoms with van der Waals surface area (Å²) in [7, 11) is 0. The molecule has 1 amide bonds. The summed E-state index contributed by atoms with van der Waals surface area (Å²) < 4.78 is 5.47. The number of non-ortho nitro benzene ring substituents is 1. The minimum atomic E-state index is -0.481. The highest BCUT2D eigenvalue weighted by atomic mass is 16.6. The van der Waals surface area contributed by atoms with Crippen LogP contribution in [0.2, 0.25) is 0 Å². The molecular weight excluding hydrogens is 296 g/mol. The molecule has 0 saturated carbocycles. The number of nitrogens with zero attached hydrogens (tertiary/aromatic N) is 1. The first-order valence-electron chi connectivity index (χ1n) is 7.04. The van der Waals surface area contributed by atoms with Crippen molar-refractivity contribution in [2.75, 3.05) is 5.32 Å². The Bertz CT molecular complexity index is 881. The zero-order valence-corrected chi connectivity index (χ0v) is 12.4. The van der Waals surface area contributed by atoms with Gasteiger partial charge in [-0.2, -0.15) is 0 Å². The molecule has 1 heterocycles. The number of anilines is 1. The van der Waals surface area contributed by atoms with E-state index in [4.69, 9.17) is 4.42 Å². The maximum absolute atomic E-state index is 12.1. The molecule has 6 heteroatoms. The number of nitro benzene ring substituents is 1. The van der Waals surface area contributed by atoms with Crippen LogP contribution < -0.4 is 5.32 Å². The van der Waals surface area contributed by atoms with Crippen LogP contribution in [-0.2, 0) is 11.2 Å². The van der Waals surface area contributed by atoms with Crippen LogP contribution in [0.1, 0.15) is 11.1 Å². The highest BCUT2D eigenvalue weighted by Gasteiger charge is 2.11. The Balaban J connectivity index is 1.72. The second-order valence-corrected chi connectivity index (χ2v) is 5.29. The Hall–Kier alpha value is -3.15. The number of rotatable bonds is 4. The number of hydrogen-bond donors (Lipinski definition) is 1. The lowest BCUT2D eigenvalue weighted by Crippen LogP contribution is -2.14. The molecule has 1 aromatic heterocycles. The van der Waals surface area contributed by atoms with Crippen molar-refractivity contribution in [1.82, 2.24) is 0 Å². The molecule has 23 heavy (non-hydrogen) atoms. The largest absolute Gasteiger partial charge is 0.464 e. The highest BCUT2D eigenvalue weighted by molar-refractivity contribution is 5.95. The van der Waals surface area contributed by atoms with Gasteiger partial charge in [0.2, 0.25) is 5.91 Å². The Labute approximate surface area is 131 Å². The van der Waals surface area contributed by atoms with Gasteiger partial charge in [0.05, 0.1) is 17.6 Å². The molecule has 3 rings (SSSR count). The van der Waals surface area contributed by atoms with E-state index in [-0.39, 0.29) is 18.0 Å². The first-order valence-corrected chi connectivity index (χ1v) is 7.04. The van der Waals surface area contributed by atoms with Gasteiger partial charge in [-0.1, -0.05) is 12.1 Å². The van der Waals surface area contributed by atoms with Crippen LogP contribution in [0.15, 0.2) is 53.1 Å². The number of fused-ring (bicyclic) bond motifs is 1. The van der Waals surface area contributed by atoms with E-state index in [1.54, 1.807) is 6.26 Å². The average Bonchev–Trinajstić information content (AvgIpc) is 2.89. The van der Waals surface area contributed by atoms with Gasteiger partial charge in [-0.05, 0) is 30.7 Å². The van der Waals surface area contributed by atoms with Crippen LogP contribution in [0, 0.1) is 17.0 Å². The maximum Gasteiger partial charge on any atom is 0.269 e. The second kappa shape index (κ2) is 5.92. The lowest BCUT2D eigenvalue weighted by Gasteiger charge is -2.04. The van der Waals surface area contributed by atoms with Gasteiger partial charge in [0, 0.05) is 28.8 Å². The number of benzene rings is 2. The predicted molar refractivity (Wildman–Crippen MR) is 86.4 cm³/mol. The SMILES string of the molecule is Cc1ccc2c(CC(=O)Nc3ccc([N+](=O)[O-])cc3)coc2c1. The molecule has 3 aromatic rings. The Morgan fingerprint density at radius 3 is 2.65 bits per heavy atom. The minimum Gasteiger partial charge on any atom is -0.464 e. The van der Waals surface area contributed by atoms with E-state index in [2.05, 4.69) is 5.32 Å². The van der Waals surface area contributed by atoms with E-state index in [9.17, 15) is 14.9 Å². The number of carbonyl (C=O) groups excluding carboxylic acids is 1. The molecule has 1 N–H and O–H groups in total. The molecule has 0 spiro atoms. The highest BCUT2D eigenvalue weighted by Crippen LogP contribution is 2.23. The van der Waals surface area contributed by atoms with Crippen molar-refractivity contribution in [2.24, 2.45) is 0 Å². The van der Waals surface area contributed by atoms with Gasteiger partial charge in [-0.15, -0.1) is 0 Å². The zero-order chi connectivity index (χ0) is 16.4. The second-order valence-electron chi connectivity index (χ2n) is 5.29.